The number of benzene rings is 1. The van der Waals surface area contributed by atoms with Crippen molar-refractivity contribution in [2.75, 3.05) is 27.9 Å². The summed E-state index contributed by atoms with van der Waals surface area (Å²) in [5, 5.41) is 0.0339. The lowest BCUT2D eigenvalue weighted by atomic mass is 9.99. The Kier molecular flexibility index (Phi) is 9.41. The summed E-state index contributed by atoms with van der Waals surface area (Å²) in [4.78, 5) is 0. The highest BCUT2D eigenvalue weighted by molar-refractivity contribution is 6.74. The third-order valence-electron chi connectivity index (χ3n) is 8.25. The third kappa shape index (κ3) is 6.20. The van der Waals surface area contributed by atoms with Crippen molar-refractivity contribution in [2.45, 2.75) is 114 Å². The molecule has 0 amide bonds. The van der Waals surface area contributed by atoms with E-state index in [1.54, 1.807) is 21.3 Å². The van der Waals surface area contributed by atoms with Crippen molar-refractivity contribution in [1.29, 1.82) is 0 Å². The maximum atomic E-state index is 6.90. The highest BCUT2D eigenvalue weighted by Crippen LogP contribution is 2.47. The topological polar surface area (TPSA) is 83.1 Å². The van der Waals surface area contributed by atoms with Crippen LogP contribution in [-0.4, -0.2) is 91.2 Å². The maximum Gasteiger partial charge on any atom is 0.286 e. The molecule has 9 atom stereocenters. The highest BCUT2D eigenvalue weighted by Gasteiger charge is 2.63. The van der Waals surface area contributed by atoms with Gasteiger partial charge < -0.3 is 42.3 Å². The van der Waals surface area contributed by atoms with Crippen molar-refractivity contribution in [1.82, 2.24) is 0 Å². The lowest BCUT2D eigenvalue weighted by Gasteiger charge is -2.48. The van der Waals surface area contributed by atoms with Gasteiger partial charge >= 0.3 is 0 Å². The molecule has 3 fully saturated rings. The number of rotatable bonds is 9. The van der Waals surface area contributed by atoms with E-state index in [-0.39, 0.29) is 29.5 Å². The number of hydrogen-bond acceptors (Lipinski definition) is 9. The fourth-order valence-electron chi connectivity index (χ4n) is 5.19. The first-order valence-electron chi connectivity index (χ1n) is 13.5. The van der Waals surface area contributed by atoms with E-state index in [4.69, 9.17) is 42.3 Å². The van der Waals surface area contributed by atoms with Gasteiger partial charge in [-0.15, -0.1) is 0 Å². The second-order valence-electron chi connectivity index (χ2n) is 12.0. The Morgan fingerprint density at radius 3 is 2.24 bits per heavy atom. The minimum Gasteiger partial charge on any atom is -0.409 e. The van der Waals surface area contributed by atoms with Crippen molar-refractivity contribution in [2.24, 2.45) is 0 Å². The van der Waals surface area contributed by atoms with E-state index >= 15 is 0 Å². The monoisotopic (exact) mass is 554 g/mol. The summed E-state index contributed by atoms with van der Waals surface area (Å²) >= 11 is 0. The molecule has 3 aliphatic heterocycles. The molecule has 1 spiro atoms. The van der Waals surface area contributed by atoms with Gasteiger partial charge in [0.1, 0.15) is 24.4 Å². The summed E-state index contributed by atoms with van der Waals surface area (Å²) in [7, 11) is 2.72. The van der Waals surface area contributed by atoms with Crippen LogP contribution < -0.4 is 0 Å². The zero-order valence-electron chi connectivity index (χ0n) is 24.3. The molecule has 3 aliphatic rings. The number of hydrogen-bond donors (Lipinski definition) is 0. The molecule has 1 unspecified atom stereocenters. The van der Waals surface area contributed by atoms with Crippen LogP contribution in [0.15, 0.2) is 30.3 Å². The minimum absolute atomic E-state index is 0.0339. The highest BCUT2D eigenvalue weighted by atomic mass is 28.4. The Balaban J connectivity index is 1.60. The molecule has 10 heteroatoms. The van der Waals surface area contributed by atoms with E-state index in [1.165, 1.54) is 0 Å². The summed E-state index contributed by atoms with van der Waals surface area (Å²) in [6, 6.07) is 10.1. The molecule has 0 radical (unpaired) electrons. The fourth-order valence-corrected chi connectivity index (χ4v) is 6.57. The Labute approximate surface area is 228 Å². The maximum absolute atomic E-state index is 6.90. The zero-order chi connectivity index (χ0) is 27.7. The van der Waals surface area contributed by atoms with Gasteiger partial charge in [-0.25, -0.2) is 0 Å². The minimum atomic E-state index is -2.13. The molecular weight excluding hydrogens is 508 g/mol. The Morgan fingerprint density at radius 2 is 1.63 bits per heavy atom. The molecule has 38 heavy (non-hydrogen) atoms. The van der Waals surface area contributed by atoms with Crippen LogP contribution in [0.1, 0.15) is 39.7 Å². The fraction of sp³-hybridized carbons (Fsp3) is 0.786. The standard InChI is InChI=1S/C28H46O9Si/c1-18-22(37-38(8,9)27(2,3)4)20(32-16-19-13-11-10-12-14-19)15-28(34-18)35-24-23(30-6)21(17-29-5)33-26(31-7)25(24)36-28/h10-14,18,20-26H,15-17H2,1-9H3/t18-,20-,21-,22-,23-,24+,25-,26+,28?/m1/s1. The van der Waals surface area contributed by atoms with Crippen LogP contribution in [0.25, 0.3) is 0 Å². The van der Waals surface area contributed by atoms with Crippen LogP contribution in [0.2, 0.25) is 18.1 Å². The second-order valence-corrected chi connectivity index (χ2v) is 16.7. The van der Waals surface area contributed by atoms with Gasteiger partial charge in [-0.3, -0.25) is 0 Å². The number of ether oxygens (including phenoxy) is 8. The van der Waals surface area contributed by atoms with Crippen molar-refractivity contribution < 1.29 is 42.3 Å². The van der Waals surface area contributed by atoms with Gasteiger partial charge in [-0.05, 0) is 30.6 Å². The largest absolute Gasteiger partial charge is 0.409 e. The van der Waals surface area contributed by atoms with Gasteiger partial charge in [0, 0.05) is 21.3 Å². The third-order valence-corrected chi connectivity index (χ3v) is 12.7. The molecule has 1 aromatic carbocycles. The summed E-state index contributed by atoms with van der Waals surface area (Å²) in [6.07, 6.45) is -3.11. The number of methoxy groups -OCH3 is 3. The molecule has 216 valence electrons. The molecule has 0 bridgehead atoms. The predicted molar refractivity (Wildman–Crippen MR) is 143 cm³/mol. The molecule has 3 heterocycles. The molecule has 4 rings (SSSR count). The van der Waals surface area contributed by atoms with E-state index in [0.717, 1.165) is 5.56 Å². The molecule has 0 aromatic heterocycles. The first kappa shape index (κ1) is 30.0. The van der Waals surface area contributed by atoms with Gasteiger partial charge in [0.2, 0.25) is 0 Å². The van der Waals surface area contributed by atoms with Crippen LogP contribution in [0.4, 0.5) is 0 Å². The van der Waals surface area contributed by atoms with Crippen molar-refractivity contribution in [3.63, 3.8) is 0 Å². The molecule has 3 saturated heterocycles. The molecule has 1 aromatic rings. The van der Waals surface area contributed by atoms with E-state index in [1.807, 2.05) is 25.1 Å². The SMILES string of the molecule is COC[C@H]1O[C@H](OC)[C@@H]2OC3(C[C@@H](OCc4ccccc4)[C@H](O[Si](C)(C)C(C)(C)C)[C@@H](C)O3)O[C@H]2[C@@H]1OC. The van der Waals surface area contributed by atoms with Gasteiger partial charge in [0.05, 0.1) is 37.9 Å². The first-order valence-corrected chi connectivity index (χ1v) is 16.4. The average molecular weight is 555 g/mol. The lowest BCUT2D eigenvalue weighted by molar-refractivity contribution is -0.401. The Morgan fingerprint density at radius 1 is 0.947 bits per heavy atom. The van der Waals surface area contributed by atoms with Crippen LogP contribution in [0, 0.1) is 0 Å². The Hall–Kier alpha value is -0.923. The summed E-state index contributed by atoms with van der Waals surface area (Å²) in [5.74, 6) is -1.34. The van der Waals surface area contributed by atoms with Crippen LogP contribution in [0.5, 0.6) is 0 Å². The molecule has 0 N–H and O–H groups in total. The van der Waals surface area contributed by atoms with Gasteiger partial charge in [0.25, 0.3) is 5.97 Å². The summed E-state index contributed by atoms with van der Waals surface area (Å²) in [5.41, 5.74) is 1.09. The number of fused-ring (bicyclic) bond motifs is 1. The molecule has 0 aliphatic carbocycles. The average Bonchev–Trinajstić information content (AvgIpc) is 3.22. The van der Waals surface area contributed by atoms with E-state index in [0.29, 0.717) is 19.6 Å². The zero-order valence-corrected chi connectivity index (χ0v) is 25.3. The van der Waals surface area contributed by atoms with Crippen molar-refractivity contribution >= 4 is 8.32 Å². The van der Waals surface area contributed by atoms with E-state index in [9.17, 15) is 0 Å². The first-order chi connectivity index (χ1) is 17.9. The van der Waals surface area contributed by atoms with E-state index < -0.39 is 38.9 Å². The lowest BCUT2D eigenvalue weighted by Crippen LogP contribution is -2.60. The van der Waals surface area contributed by atoms with Gasteiger partial charge in [-0.1, -0.05) is 51.1 Å². The smallest absolute Gasteiger partial charge is 0.286 e. The van der Waals surface area contributed by atoms with Crippen molar-refractivity contribution in [3.05, 3.63) is 35.9 Å². The normalized spacial score (nSPS) is 37.9. The second kappa shape index (κ2) is 11.9. The Bertz CT molecular complexity index is 894. The predicted octanol–water partition coefficient (Wildman–Crippen LogP) is 4.24. The molecule has 0 saturated carbocycles. The molecular formula is C28H46O9Si. The van der Waals surface area contributed by atoms with E-state index in [2.05, 4.69) is 46.0 Å². The quantitative estimate of drug-likeness (QED) is 0.416. The van der Waals surface area contributed by atoms with Crippen LogP contribution >= 0.6 is 0 Å². The summed E-state index contributed by atoms with van der Waals surface area (Å²) in [6.45, 7) is 14.0. The van der Waals surface area contributed by atoms with Gasteiger partial charge in [0.15, 0.2) is 14.6 Å². The van der Waals surface area contributed by atoms with Crippen LogP contribution in [0.3, 0.4) is 0 Å². The van der Waals surface area contributed by atoms with Gasteiger partial charge in [-0.2, -0.15) is 0 Å². The molecule has 9 nitrogen and oxygen atoms in total. The van der Waals surface area contributed by atoms with Crippen molar-refractivity contribution in [3.8, 4) is 0 Å². The summed E-state index contributed by atoms with van der Waals surface area (Å²) < 4.78 is 56.1. The van der Waals surface area contributed by atoms with Crippen LogP contribution in [-0.2, 0) is 48.9 Å².